The van der Waals surface area contributed by atoms with E-state index >= 15 is 4.39 Å². The van der Waals surface area contributed by atoms with Gasteiger partial charge in [0.05, 0.1) is 39.8 Å². The number of carbonyl (C=O) groups is 1. The average molecular weight is 689 g/mol. The average Bonchev–Trinajstić information content (AvgIpc) is 3.85. The molecule has 5 heterocycles. The summed E-state index contributed by atoms with van der Waals surface area (Å²) in [4.78, 5) is 27.4. The van der Waals surface area contributed by atoms with Crippen LogP contribution in [0.3, 0.4) is 0 Å². The summed E-state index contributed by atoms with van der Waals surface area (Å²) in [6.07, 6.45) is 4.12. The number of amides is 1. The number of fused-ring (bicyclic) bond motifs is 6. The van der Waals surface area contributed by atoms with Crippen LogP contribution in [0.5, 0.6) is 0 Å². The van der Waals surface area contributed by atoms with E-state index in [-0.39, 0.29) is 18.1 Å². The molecule has 1 N–H and O–H groups in total. The number of benzene rings is 3. The van der Waals surface area contributed by atoms with E-state index in [1.807, 2.05) is 41.7 Å². The van der Waals surface area contributed by atoms with E-state index in [9.17, 15) is 13.2 Å². The number of pyridine rings is 1. The molecule has 50 heavy (non-hydrogen) atoms. The maximum Gasteiger partial charge on any atom is 0.255 e. The second-order valence-electron chi connectivity index (χ2n) is 12.1. The number of carbonyl (C=O) groups excluding carboxylic acids is 1. The Morgan fingerprint density at radius 1 is 1.00 bits per heavy atom. The molecule has 250 valence electrons. The summed E-state index contributed by atoms with van der Waals surface area (Å²) in [6, 6.07) is 21.0. The van der Waals surface area contributed by atoms with Crippen molar-refractivity contribution in [2.75, 3.05) is 24.7 Å². The van der Waals surface area contributed by atoms with E-state index in [4.69, 9.17) is 14.4 Å². The number of hydrogen-bond donors (Lipinski definition) is 1. The lowest BCUT2D eigenvalue weighted by Gasteiger charge is -2.20. The summed E-state index contributed by atoms with van der Waals surface area (Å²) < 4.78 is 52.0. The van der Waals surface area contributed by atoms with Crippen molar-refractivity contribution in [2.24, 2.45) is 0 Å². The van der Waals surface area contributed by atoms with Crippen LogP contribution >= 0.6 is 0 Å². The smallest absolute Gasteiger partial charge is 0.255 e. The molecule has 8 aromatic rings. The van der Waals surface area contributed by atoms with Gasteiger partial charge in [0, 0.05) is 42.1 Å². The monoisotopic (exact) mass is 688 g/mol. The number of nitrogens with zero attached hydrogens (tertiary/aromatic N) is 7. The predicted molar refractivity (Wildman–Crippen MR) is 189 cm³/mol. The minimum Gasteiger partial charge on any atom is -0.455 e. The SMILES string of the molecule is CNC(=O)c1c(-c2ccc(C)cc2)oc2cc(N(C)S(C)(=O)=O)c(-c3ccc4nc(Cn5cncn5)n5c6cccc(F)c6cc5c4n3)cc12. The first-order chi connectivity index (χ1) is 24.0. The van der Waals surface area contributed by atoms with E-state index in [2.05, 4.69) is 15.4 Å². The van der Waals surface area contributed by atoms with E-state index < -0.39 is 15.8 Å². The molecule has 0 spiro atoms. The predicted octanol–water partition coefficient (Wildman–Crippen LogP) is 5.96. The third-order valence-corrected chi connectivity index (χ3v) is 10.1. The lowest BCUT2D eigenvalue weighted by Crippen LogP contribution is -2.25. The fraction of sp³-hybridized carbons (Fsp3) is 0.139. The number of aryl methyl sites for hydroxylation is 1. The zero-order chi connectivity index (χ0) is 34.9. The van der Waals surface area contributed by atoms with Gasteiger partial charge in [-0.15, -0.1) is 0 Å². The minimum atomic E-state index is -3.75. The first-order valence-electron chi connectivity index (χ1n) is 15.6. The fourth-order valence-electron chi connectivity index (χ4n) is 6.32. The Kier molecular flexibility index (Phi) is 7.15. The van der Waals surface area contributed by atoms with Crippen molar-refractivity contribution in [2.45, 2.75) is 13.5 Å². The Bertz CT molecular complexity index is 2760. The van der Waals surface area contributed by atoms with E-state index in [1.54, 1.807) is 47.4 Å². The third-order valence-electron chi connectivity index (χ3n) is 8.87. The molecule has 5 aromatic heterocycles. The number of hydrogen-bond acceptors (Lipinski definition) is 8. The lowest BCUT2D eigenvalue weighted by molar-refractivity contribution is 0.0964. The topological polar surface area (TPSA) is 141 Å². The molecular formula is C36H29FN8O4S. The van der Waals surface area contributed by atoms with E-state index in [1.165, 1.54) is 26.5 Å². The van der Waals surface area contributed by atoms with Gasteiger partial charge >= 0.3 is 0 Å². The van der Waals surface area contributed by atoms with Gasteiger partial charge in [-0.2, -0.15) is 5.10 Å². The molecule has 3 aromatic carbocycles. The zero-order valence-corrected chi connectivity index (χ0v) is 28.2. The van der Waals surface area contributed by atoms with E-state index in [0.29, 0.717) is 72.4 Å². The van der Waals surface area contributed by atoms with Crippen LogP contribution in [-0.4, -0.2) is 63.8 Å². The molecular weight excluding hydrogens is 660 g/mol. The number of sulfonamides is 1. The molecule has 0 unspecified atom stereocenters. The number of aromatic nitrogens is 6. The second kappa shape index (κ2) is 11.5. The Balaban J connectivity index is 1.42. The molecule has 8 rings (SSSR count). The summed E-state index contributed by atoms with van der Waals surface area (Å²) >= 11 is 0. The fourth-order valence-corrected chi connectivity index (χ4v) is 6.83. The molecule has 0 saturated carbocycles. The highest BCUT2D eigenvalue weighted by atomic mass is 32.2. The van der Waals surface area contributed by atoms with Gasteiger partial charge in [0.15, 0.2) is 0 Å². The summed E-state index contributed by atoms with van der Waals surface area (Å²) in [5.74, 6) is 0.178. The van der Waals surface area contributed by atoms with Crippen molar-refractivity contribution in [1.82, 2.24) is 34.4 Å². The molecule has 14 heteroatoms. The molecule has 12 nitrogen and oxygen atoms in total. The van der Waals surface area contributed by atoms with Crippen LogP contribution in [-0.2, 0) is 16.6 Å². The van der Waals surface area contributed by atoms with Crippen molar-refractivity contribution >= 4 is 60.0 Å². The van der Waals surface area contributed by atoms with Gasteiger partial charge in [0.25, 0.3) is 5.91 Å². The Morgan fingerprint density at radius 3 is 2.52 bits per heavy atom. The Labute approximate surface area is 284 Å². The van der Waals surface area contributed by atoms with Crippen molar-refractivity contribution in [3.8, 4) is 22.6 Å². The zero-order valence-electron chi connectivity index (χ0n) is 27.3. The first kappa shape index (κ1) is 31.1. The molecule has 0 saturated heterocycles. The molecule has 0 aliphatic rings. The first-order valence-corrected chi connectivity index (χ1v) is 17.4. The van der Waals surface area contributed by atoms with Crippen LogP contribution in [0.4, 0.5) is 10.1 Å². The van der Waals surface area contributed by atoms with Crippen molar-refractivity contribution < 1.29 is 22.0 Å². The van der Waals surface area contributed by atoms with Crippen LogP contribution in [0, 0.1) is 12.7 Å². The standard InChI is InChI=1S/C36H29FN8O4S/c1-20-8-10-21(11-9-20)35-33(36(46)38-2)24-14-23(29(16-31(24)49-35)43(3)50(4,47)48)26-12-13-27-34(42-26)30-15-22-25(37)6-5-7-28(22)45(30)32(41-27)17-44-19-39-18-40-44/h5-16,18-19H,17H2,1-4H3,(H,38,46). The van der Waals surface area contributed by atoms with Gasteiger partial charge < -0.3 is 9.73 Å². The molecule has 1 amide bonds. The summed E-state index contributed by atoms with van der Waals surface area (Å²) in [7, 11) is -0.766. The van der Waals surface area contributed by atoms with Crippen molar-refractivity contribution in [3.05, 3.63) is 108 Å². The van der Waals surface area contributed by atoms with Gasteiger partial charge in [0.1, 0.15) is 47.7 Å². The number of anilines is 1. The van der Waals surface area contributed by atoms with Gasteiger partial charge in [-0.05, 0) is 43.3 Å². The molecule has 0 aliphatic heterocycles. The molecule has 0 radical (unpaired) electrons. The second-order valence-corrected chi connectivity index (χ2v) is 14.1. The number of rotatable bonds is 7. The van der Waals surface area contributed by atoms with Crippen LogP contribution in [0.25, 0.3) is 61.0 Å². The Hall–Kier alpha value is -6.15. The van der Waals surface area contributed by atoms with E-state index in [0.717, 1.165) is 16.1 Å². The largest absolute Gasteiger partial charge is 0.455 e. The molecule has 0 aliphatic carbocycles. The summed E-state index contributed by atoms with van der Waals surface area (Å²) in [6.45, 7) is 2.23. The number of nitrogens with one attached hydrogen (secondary N) is 1. The van der Waals surface area contributed by atoms with Gasteiger partial charge in [0.2, 0.25) is 10.0 Å². The molecule has 0 atom stereocenters. The Morgan fingerprint density at radius 2 is 1.80 bits per heavy atom. The maximum atomic E-state index is 15.2. The van der Waals surface area contributed by atoms with Gasteiger partial charge in [-0.1, -0.05) is 35.9 Å². The normalized spacial score (nSPS) is 12.0. The third kappa shape index (κ3) is 5.03. The van der Waals surface area contributed by atoms with Crippen LogP contribution in [0.2, 0.25) is 0 Å². The summed E-state index contributed by atoms with van der Waals surface area (Å²) in [5.41, 5.74) is 5.69. The highest BCUT2D eigenvalue weighted by Gasteiger charge is 2.27. The van der Waals surface area contributed by atoms with Crippen LogP contribution in [0.1, 0.15) is 21.7 Å². The van der Waals surface area contributed by atoms with Gasteiger partial charge in [-0.25, -0.2) is 32.4 Å². The maximum absolute atomic E-state index is 15.2. The number of furan rings is 1. The lowest BCUT2D eigenvalue weighted by atomic mass is 10.00. The quantitative estimate of drug-likeness (QED) is 0.216. The van der Waals surface area contributed by atoms with Crippen molar-refractivity contribution in [3.63, 3.8) is 0 Å². The van der Waals surface area contributed by atoms with Gasteiger partial charge in [-0.3, -0.25) is 13.5 Å². The molecule has 0 bridgehead atoms. The van der Waals surface area contributed by atoms with Crippen LogP contribution in [0.15, 0.2) is 89.9 Å². The van der Waals surface area contributed by atoms with Crippen LogP contribution < -0.4 is 9.62 Å². The highest BCUT2D eigenvalue weighted by molar-refractivity contribution is 7.92. The molecule has 0 fully saturated rings. The van der Waals surface area contributed by atoms with Crippen molar-refractivity contribution in [1.29, 1.82) is 0 Å². The minimum absolute atomic E-state index is 0.264. The highest BCUT2D eigenvalue weighted by Crippen LogP contribution is 2.41. The number of halogens is 1. The summed E-state index contributed by atoms with van der Waals surface area (Å²) in [5, 5.41) is 7.81.